The topological polar surface area (TPSA) is 16.4 Å². The maximum absolute atomic E-state index is 5.67. The molecule has 1 aromatic heterocycles. The van der Waals surface area contributed by atoms with Crippen LogP contribution in [0.5, 0.6) is 0 Å². The summed E-state index contributed by atoms with van der Waals surface area (Å²) in [5, 5.41) is 1.23. The van der Waals surface area contributed by atoms with Crippen LogP contribution in [0.25, 0.3) is 11.0 Å². The van der Waals surface area contributed by atoms with Gasteiger partial charge in [-0.25, -0.2) is 3.11 Å². The van der Waals surface area contributed by atoms with E-state index in [-0.39, 0.29) is 0 Å². The van der Waals surface area contributed by atoms with Gasteiger partial charge < -0.3 is 4.42 Å². The molecule has 2 aromatic rings. The van der Waals surface area contributed by atoms with E-state index in [1.54, 1.807) is 0 Å². The zero-order valence-corrected chi connectivity index (χ0v) is 10.4. The van der Waals surface area contributed by atoms with Gasteiger partial charge in [-0.1, -0.05) is 18.2 Å². The second-order valence-electron chi connectivity index (χ2n) is 3.40. The van der Waals surface area contributed by atoms with Crippen molar-refractivity contribution in [3.05, 3.63) is 35.6 Å². The first-order valence-corrected chi connectivity index (χ1v) is 5.49. The smallest absolute Gasteiger partial charge is 0.134 e. The van der Waals surface area contributed by atoms with E-state index in [0.717, 1.165) is 17.9 Å². The van der Waals surface area contributed by atoms with Crippen LogP contribution in [-0.2, 0) is 6.54 Å². The van der Waals surface area contributed by atoms with Crippen LogP contribution in [-0.4, -0.2) is 10.2 Å². The third-order valence-corrected chi connectivity index (χ3v) is 2.62. The number of para-hydroxylation sites is 1. The molecule has 0 spiro atoms. The molecule has 2 nitrogen and oxygen atoms in total. The molecule has 0 amide bonds. The molecule has 0 radical (unpaired) electrons. The molecule has 0 bridgehead atoms. The maximum atomic E-state index is 5.67. The van der Waals surface area contributed by atoms with Gasteiger partial charge in [0.25, 0.3) is 0 Å². The number of benzene rings is 1. The molecule has 0 unspecified atom stereocenters. The summed E-state index contributed by atoms with van der Waals surface area (Å²) in [4.78, 5) is 0. The molecule has 0 saturated carbocycles. The Balaban J connectivity index is 2.56. The van der Waals surface area contributed by atoms with Gasteiger partial charge in [-0.3, -0.25) is 0 Å². The Hall–Kier alpha value is -0.550. The Morgan fingerprint density at radius 1 is 1.36 bits per heavy atom. The van der Waals surface area contributed by atoms with Crippen molar-refractivity contribution in [3.63, 3.8) is 0 Å². The van der Waals surface area contributed by atoms with Crippen molar-refractivity contribution < 1.29 is 4.42 Å². The van der Waals surface area contributed by atoms with Gasteiger partial charge in [0.15, 0.2) is 0 Å². The third kappa shape index (κ3) is 1.79. The lowest BCUT2D eigenvalue weighted by Gasteiger charge is -2.05. The standard InChI is InChI=1S/C11H12INO/c1-8-10(7-13(2)12)9-5-3-4-6-11(9)14-8/h3-6H,7H2,1-2H3. The van der Waals surface area contributed by atoms with E-state index in [1.807, 2.05) is 25.1 Å². The van der Waals surface area contributed by atoms with Crippen LogP contribution in [0.2, 0.25) is 0 Å². The largest absolute Gasteiger partial charge is 0.461 e. The van der Waals surface area contributed by atoms with Gasteiger partial charge in [-0.05, 0) is 20.0 Å². The summed E-state index contributed by atoms with van der Waals surface area (Å²) in [5.41, 5.74) is 2.27. The van der Waals surface area contributed by atoms with Gasteiger partial charge >= 0.3 is 0 Å². The summed E-state index contributed by atoms with van der Waals surface area (Å²) in [6, 6.07) is 8.18. The average molecular weight is 301 g/mol. The van der Waals surface area contributed by atoms with Crippen LogP contribution < -0.4 is 0 Å². The number of aryl methyl sites for hydroxylation is 1. The fraction of sp³-hybridized carbons (Fsp3) is 0.273. The molecule has 1 aromatic carbocycles. The number of halogens is 1. The molecule has 3 heteroatoms. The number of nitrogens with zero attached hydrogens (tertiary/aromatic N) is 1. The first-order chi connectivity index (χ1) is 6.68. The second kappa shape index (κ2) is 3.90. The minimum atomic E-state index is 0.920. The normalized spacial score (nSPS) is 11.4. The summed E-state index contributed by atoms with van der Waals surface area (Å²) >= 11 is 2.28. The molecule has 0 aliphatic heterocycles. The van der Waals surface area contributed by atoms with Crippen LogP contribution in [0.4, 0.5) is 0 Å². The Bertz CT molecular complexity index is 447. The molecule has 74 valence electrons. The first kappa shape index (κ1) is 9.98. The van der Waals surface area contributed by atoms with Gasteiger partial charge in [0.2, 0.25) is 0 Å². The van der Waals surface area contributed by atoms with E-state index in [2.05, 4.69) is 39.1 Å². The fourth-order valence-electron chi connectivity index (χ4n) is 1.64. The molecule has 0 fully saturated rings. The number of hydrogen-bond donors (Lipinski definition) is 0. The molecule has 14 heavy (non-hydrogen) atoms. The average Bonchev–Trinajstić information content (AvgIpc) is 2.43. The van der Waals surface area contributed by atoms with Gasteiger partial charge in [-0.15, -0.1) is 0 Å². The monoisotopic (exact) mass is 301 g/mol. The maximum Gasteiger partial charge on any atom is 0.134 e. The Labute approximate surface area is 97.4 Å². The van der Waals surface area contributed by atoms with Crippen molar-refractivity contribution in [3.8, 4) is 0 Å². The van der Waals surface area contributed by atoms with Crippen molar-refractivity contribution in [2.75, 3.05) is 7.05 Å². The third-order valence-electron chi connectivity index (χ3n) is 2.28. The molecular weight excluding hydrogens is 289 g/mol. The minimum Gasteiger partial charge on any atom is -0.461 e. The predicted molar refractivity (Wildman–Crippen MR) is 66.4 cm³/mol. The number of furan rings is 1. The zero-order valence-electron chi connectivity index (χ0n) is 8.25. The Morgan fingerprint density at radius 2 is 2.07 bits per heavy atom. The van der Waals surface area contributed by atoms with Crippen molar-refractivity contribution in [1.82, 2.24) is 3.11 Å². The highest BCUT2D eigenvalue weighted by molar-refractivity contribution is 14.1. The van der Waals surface area contributed by atoms with Crippen LogP contribution >= 0.6 is 22.9 Å². The Kier molecular flexibility index (Phi) is 2.78. The molecule has 0 aliphatic carbocycles. The fourth-order valence-corrected chi connectivity index (χ4v) is 1.98. The summed E-state index contributed by atoms with van der Waals surface area (Å²) in [6.45, 7) is 2.94. The molecular formula is C11H12INO. The Morgan fingerprint density at radius 3 is 2.79 bits per heavy atom. The highest BCUT2D eigenvalue weighted by Crippen LogP contribution is 2.26. The van der Waals surface area contributed by atoms with Gasteiger partial charge in [0.05, 0.1) is 0 Å². The van der Waals surface area contributed by atoms with E-state index in [0.29, 0.717) is 0 Å². The SMILES string of the molecule is Cc1oc2ccccc2c1CN(C)I. The summed E-state index contributed by atoms with van der Waals surface area (Å²) in [5.74, 6) is 1.02. The lowest BCUT2D eigenvalue weighted by atomic mass is 10.1. The summed E-state index contributed by atoms with van der Waals surface area (Å²) in [6.07, 6.45) is 0. The second-order valence-corrected chi connectivity index (χ2v) is 5.04. The number of hydrogen-bond acceptors (Lipinski definition) is 2. The van der Waals surface area contributed by atoms with E-state index in [1.165, 1.54) is 10.9 Å². The van der Waals surface area contributed by atoms with E-state index in [4.69, 9.17) is 4.42 Å². The number of rotatable bonds is 2. The van der Waals surface area contributed by atoms with Crippen LogP contribution in [0.1, 0.15) is 11.3 Å². The summed E-state index contributed by atoms with van der Waals surface area (Å²) in [7, 11) is 2.06. The molecule has 2 rings (SSSR count). The van der Waals surface area contributed by atoms with Crippen molar-refractivity contribution in [1.29, 1.82) is 0 Å². The van der Waals surface area contributed by atoms with E-state index >= 15 is 0 Å². The minimum absolute atomic E-state index is 0.920. The predicted octanol–water partition coefficient (Wildman–Crippen LogP) is 3.52. The summed E-state index contributed by atoms with van der Waals surface area (Å²) < 4.78 is 7.80. The van der Waals surface area contributed by atoms with Crippen molar-refractivity contribution in [2.45, 2.75) is 13.5 Å². The van der Waals surface area contributed by atoms with E-state index < -0.39 is 0 Å². The van der Waals surface area contributed by atoms with Gasteiger partial charge in [0.1, 0.15) is 11.3 Å². The van der Waals surface area contributed by atoms with Crippen LogP contribution in [0.3, 0.4) is 0 Å². The zero-order chi connectivity index (χ0) is 10.1. The number of fused-ring (bicyclic) bond motifs is 1. The lowest BCUT2D eigenvalue weighted by molar-refractivity contribution is 0.550. The van der Waals surface area contributed by atoms with Gasteiger partial charge in [-0.2, -0.15) is 0 Å². The highest BCUT2D eigenvalue weighted by atomic mass is 127. The molecule has 0 N–H and O–H groups in total. The first-order valence-electron chi connectivity index (χ1n) is 4.52. The van der Waals surface area contributed by atoms with Crippen LogP contribution in [0, 0.1) is 6.92 Å². The van der Waals surface area contributed by atoms with Gasteiger partial charge in [0, 0.05) is 40.4 Å². The highest BCUT2D eigenvalue weighted by Gasteiger charge is 2.10. The molecule has 1 heterocycles. The molecule has 0 aliphatic rings. The molecule has 0 saturated heterocycles. The lowest BCUT2D eigenvalue weighted by Crippen LogP contribution is -2.03. The molecule has 0 atom stereocenters. The quantitative estimate of drug-likeness (QED) is 0.623. The van der Waals surface area contributed by atoms with Crippen molar-refractivity contribution >= 4 is 33.8 Å². The van der Waals surface area contributed by atoms with Crippen LogP contribution in [0.15, 0.2) is 28.7 Å². The van der Waals surface area contributed by atoms with E-state index in [9.17, 15) is 0 Å². The van der Waals surface area contributed by atoms with Crippen molar-refractivity contribution in [2.24, 2.45) is 0 Å².